The van der Waals surface area contributed by atoms with Gasteiger partial charge in [0.2, 0.25) is 0 Å². The molecule has 2 heteroatoms. The fourth-order valence-electron chi connectivity index (χ4n) is 3.40. The van der Waals surface area contributed by atoms with Crippen LogP contribution in [-0.2, 0) is 6.54 Å². The van der Waals surface area contributed by atoms with Crippen LogP contribution in [0.5, 0.6) is 0 Å². The standard InChI is InChI=1S/C19H32N2/c1-4-12-20-15-17-10-11-19(14-16(17)3)21-13-8-6-7-9-18(21)5-2/h10-11,14,18,20H,4-9,12-13,15H2,1-3H3. The predicted octanol–water partition coefficient (Wildman–Crippen LogP) is 4.65. The minimum absolute atomic E-state index is 0.732. The highest BCUT2D eigenvalue weighted by Gasteiger charge is 2.20. The summed E-state index contributed by atoms with van der Waals surface area (Å²) in [4.78, 5) is 2.66. The van der Waals surface area contributed by atoms with Gasteiger partial charge in [-0.05, 0) is 62.4 Å². The van der Waals surface area contributed by atoms with Crippen molar-refractivity contribution >= 4 is 5.69 Å². The van der Waals surface area contributed by atoms with E-state index in [1.807, 2.05) is 0 Å². The van der Waals surface area contributed by atoms with E-state index in [0.717, 1.165) is 19.1 Å². The van der Waals surface area contributed by atoms with E-state index in [1.165, 1.54) is 61.9 Å². The first-order chi connectivity index (χ1) is 10.3. The van der Waals surface area contributed by atoms with Gasteiger partial charge in [0.15, 0.2) is 0 Å². The summed E-state index contributed by atoms with van der Waals surface area (Å²) in [6.45, 7) is 10.1. The molecule has 1 N–H and O–H groups in total. The molecular weight excluding hydrogens is 256 g/mol. The molecule has 1 aliphatic heterocycles. The highest BCUT2D eigenvalue weighted by Crippen LogP contribution is 2.27. The molecule has 0 bridgehead atoms. The van der Waals surface area contributed by atoms with Crippen molar-refractivity contribution in [3.8, 4) is 0 Å². The molecule has 0 aromatic heterocycles. The summed E-state index contributed by atoms with van der Waals surface area (Å²) in [5.41, 5.74) is 4.30. The maximum atomic E-state index is 3.51. The molecule has 1 aromatic rings. The van der Waals surface area contributed by atoms with Crippen molar-refractivity contribution in [1.29, 1.82) is 0 Å². The van der Waals surface area contributed by atoms with Crippen LogP contribution in [0.15, 0.2) is 18.2 Å². The molecule has 1 atom stereocenters. The van der Waals surface area contributed by atoms with E-state index in [2.05, 4.69) is 49.2 Å². The van der Waals surface area contributed by atoms with Crippen molar-refractivity contribution in [1.82, 2.24) is 5.32 Å². The number of hydrogen-bond acceptors (Lipinski definition) is 2. The number of benzene rings is 1. The second kappa shape index (κ2) is 8.43. The molecule has 118 valence electrons. The molecule has 1 aromatic carbocycles. The summed E-state index contributed by atoms with van der Waals surface area (Å²) in [6, 6.07) is 7.79. The summed E-state index contributed by atoms with van der Waals surface area (Å²) >= 11 is 0. The number of aryl methyl sites for hydroxylation is 1. The Morgan fingerprint density at radius 2 is 2.05 bits per heavy atom. The molecule has 1 heterocycles. The summed E-state index contributed by atoms with van der Waals surface area (Å²) in [5, 5.41) is 3.51. The molecule has 0 spiro atoms. The lowest BCUT2D eigenvalue weighted by molar-refractivity contribution is 0.556. The second-order valence-electron chi connectivity index (χ2n) is 6.39. The van der Waals surface area contributed by atoms with Crippen molar-refractivity contribution in [2.24, 2.45) is 0 Å². The third-order valence-corrected chi connectivity index (χ3v) is 4.75. The maximum Gasteiger partial charge on any atom is 0.0371 e. The lowest BCUT2D eigenvalue weighted by Crippen LogP contribution is -2.34. The van der Waals surface area contributed by atoms with E-state index in [4.69, 9.17) is 0 Å². The largest absolute Gasteiger partial charge is 0.369 e. The Bertz CT molecular complexity index is 428. The Balaban J connectivity index is 2.10. The highest BCUT2D eigenvalue weighted by atomic mass is 15.2. The van der Waals surface area contributed by atoms with Gasteiger partial charge in [0.05, 0.1) is 0 Å². The maximum absolute atomic E-state index is 3.51. The molecule has 1 saturated heterocycles. The van der Waals surface area contributed by atoms with Gasteiger partial charge in [0.1, 0.15) is 0 Å². The summed E-state index contributed by atoms with van der Waals surface area (Å²) < 4.78 is 0. The molecule has 1 fully saturated rings. The van der Waals surface area contributed by atoms with Gasteiger partial charge >= 0.3 is 0 Å². The minimum atomic E-state index is 0.732. The first-order valence-corrected chi connectivity index (χ1v) is 8.83. The monoisotopic (exact) mass is 288 g/mol. The average molecular weight is 288 g/mol. The van der Waals surface area contributed by atoms with Crippen molar-refractivity contribution in [2.75, 3.05) is 18.0 Å². The zero-order chi connectivity index (χ0) is 15.1. The van der Waals surface area contributed by atoms with Gasteiger partial charge in [0, 0.05) is 24.8 Å². The van der Waals surface area contributed by atoms with Crippen LogP contribution in [0.4, 0.5) is 5.69 Å². The molecular formula is C19H32N2. The smallest absolute Gasteiger partial charge is 0.0371 e. The lowest BCUT2D eigenvalue weighted by atomic mass is 10.0. The van der Waals surface area contributed by atoms with Gasteiger partial charge in [-0.3, -0.25) is 0 Å². The van der Waals surface area contributed by atoms with Gasteiger partial charge < -0.3 is 10.2 Å². The molecule has 2 nitrogen and oxygen atoms in total. The van der Waals surface area contributed by atoms with E-state index >= 15 is 0 Å². The van der Waals surface area contributed by atoms with Crippen molar-refractivity contribution in [3.63, 3.8) is 0 Å². The first kappa shape index (κ1) is 16.4. The van der Waals surface area contributed by atoms with Crippen LogP contribution in [0.1, 0.15) is 63.5 Å². The van der Waals surface area contributed by atoms with Gasteiger partial charge in [-0.1, -0.05) is 32.8 Å². The average Bonchev–Trinajstić information content (AvgIpc) is 2.74. The Morgan fingerprint density at radius 1 is 1.19 bits per heavy atom. The minimum Gasteiger partial charge on any atom is -0.369 e. The molecule has 0 saturated carbocycles. The normalized spacial score (nSPS) is 19.6. The van der Waals surface area contributed by atoms with Crippen LogP contribution in [0.2, 0.25) is 0 Å². The molecule has 0 aliphatic carbocycles. The van der Waals surface area contributed by atoms with Crippen molar-refractivity contribution < 1.29 is 0 Å². The SMILES string of the molecule is CCCNCc1ccc(N2CCCCCC2CC)cc1C. The first-order valence-electron chi connectivity index (χ1n) is 8.83. The van der Waals surface area contributed by atoms with Crippen molar-refractivity contribution in [2.45, 2.75) is 71.9 Å². The Kier molecular flexibility index (Phi) is 6.56. The summed E-state index contributed by atoms with van der Waals surface area (Å²) in [5.74, 6) is 0. The van der Waals surface area contributed by atoms with Gasteiger partial charge in [-0.25, -0.2) is 0 Å². The molecule has 0 radical (unpaired) electrons. The van der Waals surface area contributed by atoms with Crippen LogP contribution in [-0.4, -0.2) is 19.1 Å². The van der Waals surface area contributed by atoms with Crippen LogP contribution in [0.3, 0.4) is 0 Å². The van der Waals surface area contributed by atoms with E-state index in [9.17, 15) is 0 Å². The van der Waals surface area contributed by atoms with Gasteiger partial charge in [-0.15, -0.1) is 0 Å². The van der Waals surface area contributed by atoms with E-state index in [-0.39, 0.29) is 0 Å². The Morgan fingerprint density at radius 3 is 2.76 bits per heavy atom. The third-order valence-electron chi connectivity index (χ3n) is 4.75. The molecule has 21 heavy (non-hydrogen) atoms. The topological polar surface area (TPSA) is 15.3 Å². The van der Waals surface area contributed by atoms with Gasteiger partial charge in [-0.2, -0.15) is 0 Å². The van der Waals surface area contributed by atoms with Gasteiger partial charge in [0.25, 0.3) is 0 Å². The fraction of sp³-hybridized carbons (Fsp3) is 0.684. The zero-order valence-corrected chi connectivity index (χ0v) is 14.1. The van der Waals surface area contributed by atoms with Crippen LogP contribution < -0.4 is 10.2 Å². The van der Waals surface area contributed by atoms with E-state index in [1.54, 1.807) is 0 Å². The summed E-state index contributed by atoms with van der Waals surface area (Å²) in [7, 11) is 0. The second-order valence-corrected chi connectivity index (χ2v) is 6.39. The third kappa shape index (κ3) is 4.47. The van der Waals surface area contributed by atoms with Crippen LogP contribution >= 0.6 is 0 Å². The number of rotatable bonds is 6. The number of nitrogens with zero attached hydrogens (tertiary/aromatic N) is 1. The predicted molar refractivity (Wildman–Crippen MR) is 93.1 cm³/mol. The molecule has 1 unspecified atom stereocenters. The van der Waals surface area contributed by atoms with Crippen molar-refractivity contribution in [3.05, 3.63) is 29.3 Å². The quantitative estimate of drug-likeness (QED) is 0.766. The summed E-state index contributed by atoms with van der Waals surface area (Å²) in [6.07, 6.45) is 7.95. The van der Waals surface area contributed by atoms with Crippen LogP contribution in [0, 0.1) is 6.92 Å². The number of nitrogens with one attached hydrogen (secondary N) is 1. The Hall–Kier alpha value is -1.02. The van der Waals surface area contributed by atoms with E-state index < -0.39 is 0 Å². The lowest BCUT2D eigenvalue weighted by Gasteiger charge is -2.32. The van der Waals surface area contributed by atoms with E-state index in [0.29, 0.717) is 0 Å². The molecule has 1 aliphatic rings. The molecule has 2 rings (SSSR count). The Labute approximate surface area is 130 Å². The highest BCUT2D eigenvalue weighted by molar-refractivity contribution is 5.51. The fourth-order valence-corrected chi connectivity index (χ4v) is 3.40. The molecule has 0 amide bonds. The van der Waals surface area contributed by atoms with Crippen LogP contribution in [0.25, 0.3) is 0 Å². The zero-order valence-electron chi connectivity index (χ0n) is 14.1. The number of hydrogen-bond donors (Lipinski definition) is 1. The number of anilines is 1.